The van der Waals surface area contributed by atoms with Crippen LogP contribution in [0.1, 0.15) is 17.3 Å². The van der Waals surface area contributed by atoms with Crippen LogP contribution in [0.4, 0.5) is 0 Å². The highest BCUT2D eigenvalue weighted by Gasteiger charge is 2.18. The van der Waals surface area contributed by atoms with Crippen molar-refractivity contribution in [3.05, 3.63) is 72.0 Å². The number of hydrogen-bond donors (Lipinski definition) is 0. The van der Waals surface area contributed by atoms with E-state index in [1.807, 2.05) is 66.1 Å². The van der Waals surface area contributed by atoms with Crippen molar-refractivity contribution in [1.29, 1.82) is 0 Å². The predicted molar refractivity (Wildman–Crippen MR) is 99.8 cm³/mol. The van der Waals surface area contributed by atoms with Crippen molar-refractivity contribution in [2.45, 2.75) is 19.9 Å². The number of fused-ring (bicyclic) bond motifs is 1. The molecule has 136 valence electrons. The first-order chi connectivity index (χ1) is 13.1. The predicted octanol–water partition coefficient (Wildman–Crippen LogP) is 2.89. The lowest BCUT2D eigenvalue weighted by Crippen LogP contribution is -2.28. The third-order valence-corrected chi connectivity index (χ3v) is 4.43. The number of aromatic nitrogens is 4. The number of amides is 1. The fraction of sp³-hybridized carbons (Fsp3) is 0.200. The number of imidazole rings is 1. The van der Waals surface area contributed by atoms with E-state index in [9.17, 15) is 4.79 Å². The molecule has 0 radical (unpaired) electrons. The van der Waals surface area contributed by atoms with Gasteiger partial charge in [-0.2, -0.15) is 0 Å². The van der Waals surface area contributed by atoms with Crippen LogP contribution >= 0.6 is 0 Å². The van der Waals surface area contributed by atoms with Crippen LogP contribution in [0.15, 0.2) is 59.1 Å². The van der Waals surface area contributed by atoms with Gasteiger partial charge < -0.3 is 13.7 Å². The minimum absolute atomic E-state index is 0.0387. The third kappa shape index (κ3) is 3.44. The molecular formula is C20H19N5O2. The Morgan fingerprint density at radius 2 is 1.89 bits per heavy atom. The summed E-state index contributed by atoms with van der Waals surface area (Å²) >= 11 is 0. The molecule has 1 amide bonds. The van der Waals surface area contributed by atoms with Gasteiger partial charge in [-0.3, -0.25) is 4.79 Å². The molecule has 0 aliphatic carbocycles. The van der Waals surface area contributed by atoms with Gasteiger partial charge in [-0.25, -0.2) is 4.98 Å². The molecule has 1 aromatic carbocycles. The highest BCUT2D eigenvalue weighted by molar-refractivity contribution is 5.78. The van der Waals surface area contributed by atoms with E-state index in [1.54, 1.807) is 11.9 Å². The lowest BCUT2D eigenvalue weighted by atomic mass is 10.2. The van der Waals surface area contributed by atoms with Gasteiger partial charge >= 0.3 is 0 Å². The van der Waals surface area contributed by atoms with Crippen LogP contribution in [0.25, 0.3) is 17.1 Å². The smallest absolute Gasteiger partial charge is 0.247 e. The zero-order valence-corrected chi connectivity index (χ0v) is 15.2. The summed E-state index contributed by atoms with van der Waals surface area (Å²) in [5.74, 6) is 0.812. The molecule has 0 unspecified atom stereocenters. The molecule has 0 N–H and O–H groups in total. The molecule has 3 heterocycles. The van der Waals surface area contributed by atoms with Crippen molar-refractivity contribution in [3.8, 4) is 11.5 Å². The SMILES string of the molecule is Cc1nc2ccccn2c1CC(=O)N(C)Cc1nnc(-c2ccccc2)o1. The monoisotopic (exact) mass is 361 g/mol. The maximum Gasteiger partial charge on any atom is 0.247 e. The minimum atomic E-state index is -0.0387. The van der Waals surface area contributed by atoms with Gasteiger partial charge in [0.25, 0.3) is 0 Å². The van der Waals surface area contributed by atoms with Crippen molar-refractivity contribution >= 4 is 11.6 Å². The summed E-state index contributed by atoms with van der Waals surface area (Å²) in [5, 5.41) is 8.11. The Hall–Kier alpha value is -3.48. The lowest BCUT2D eigenvalue weighted by Gasteiger charge is -2.15. The van der Waals surface area contributed by atoms with Crippen molar-refractivity contribution < 1.29 is 9.21 Å². The molecule has 0 fully saturated rings. The standard InChI is InChI=1S/C20H19N5O2/c1-14-16(25-11-7-6-10-17(25)21-14)12-19(26)24(2)13-18-22-23-20(27-18)15-8-4-3-5-9-15/h3-11H,12-13H2,1-2H3. The van der Waals surface area contributed by atoms with E-state index in [0.29, 0.717) is 11.8 Å². The van der Waals surface area contributed by atoms with Gasteiger partial charge in [0.1, 0.15) is 5.65 Å². The number of carbonyl (C=O) groups is 1. The summed E-state index contributed by atoms with van der Waals surface area (Å²) in [4.78, 5) is 18.8. The van der Waals surface area contributed by atoms with Gasteiger partial charge in [0.05, 0.1) is 24.4 Å². The Kier molecular flexibility index (Phi) is 4.42. The number of hydrogen-bond acceptors (Lipinski definition) is 5. The normalized spacial score (nSPS) is 11.0. The number of aryl methyl sites for hydroxylation is 1. The maximum absolute atomic E-state index is 12.7. The second-order valence-electron chi connectivity index (χ2n) is 6.37. The quantitative estimate of drug-likeness (QED) is 0.546. The Labute approximate surface area is 156 Å². The zero-order valence-electron chi connectivity index (χ0n) is 15.2. The Bertz CT molecular complexity index is 1080. The summed E-state index contributed by atoms with van der Waals surface area (Å²) in [7, 11) is 1.73. The fourth-order valence-electron chi connectivity index (χ4n) is 2.96. The molecule has 7 heteroatoms. The number of carbonyl (C=O) groups excluding carboxylic acids is 1. The maximum atomic E-state index is 12.7. The summed E-state index contributed by atoms with van der Waals surface area (Å²) in [6.45, 7) is 2.17. The van der Waals surface area contributed by atoms with Crippen molar-refractivity contribution in [2.24, 2.45) is 0 Å². The van der Waals surface area contributed by atoms with Crippen molar-refractivity contribution in [2.75, 3.05) is 7.05 Å². The Balaban J connectivity index is 1.47. The van der Waals surface area contributed by atoms with Gasteiger partial charge in [0.2, 0.25) is 17.7 Å². The highest BCUT2D eigenvalue weighted by atomic mass is 16.4. The van der Waals surface area contributed by atoms with Crippen LogP contribution in [0.2, 0.25) is 0 Å². The summed E-state index contributed by atoms with van der Waals surface area (Å²) in [5.41, 5.74) is 3.43. The number of benzene rings is 1. The average Bonchev–Trinajstić information content (AvgIpc) is 3.27. The molecule has 0 spiro atoms. The van der Waals surface area contributed by atoms with Crippen LogP contribution in [0.5, 0.6) is 0 Å². The fourth-order valence-corrected chi connectivity index (χ4v) is 2.96. The first-order valence-electron chi connectivity index (χ1n) is 8.66. The molecule has 0 atom stereocenters. The van der Waals surface area contributed by atoms with E-state index in [2.05, 4.69) is 15.2 Å². The molecule has 7 nitrogen and oxygen atoms in total. The van der Waals surface area contributed by atoms with E-state index >= 15 is 0 Å². The van der Waals surface area contributed by atoms with Gasteiger partial charge in [0, 0.05) is 18.8 Å². The van der Waals surface area contributed by atoms with Gasteiger partial charge in [-0.15, -0.1) is 10.2 Å². The van der Waals surface area contributed by atoms with Crippen LogP contribution in [-0.2, 0) is 17.8 Å². The lowest BCUT2D eigenvalue weighted by molar-refractivity contribution is -0.130. The summed E-state index contributed by atoms with van der Waals surface area (Å²) < 4.78 is 7.63. The first kappa shape index (κ1) is 17.0. The third-order valence-electron chi connectivity index (χ3n) is 4.43. The second-order valence-corrected chi connectivity index (χ2v) is 6.37. The molecule has 27 heavy (non-hydrogen) atoms. The minimum Gasteiger partial charge on any atom is -0.419 e. The zero-order chi connectivity index (χ0) is 18.8. The molecular weight excluding hydrogens is 342 g/mol. The number of likely N-dealkylation sites (N-methyl/N-ethyl adjacent to an activating group) is 1. The first-order valence-corrected chi connectivity index (χ1v) is 8.66. The van der Waals surface area contributed by atoms with Crippen LogP contribution in [0.3, 0.4) is 0 Å². The number of pyridine rings is 1. The van der Waals surface area contributed by atoms with E-state index in [4.69, 9.17) is 4.42 Å². The number of nitrogens with zero attached hydrogens (tertiary/aromatic N) is 5. The molecule has 0 saturated heterocycles. The molecule has 0 bridgehead atoms. The highest BCUT2D eigenvalue weighted by Crippen LogP contribution is 2.18. The molecule has 4 aromatic rings. The van der Waals surface area contributed by atoms with Crippen LogP contribution in [0, 0.1) is 6.92 Å². The van der Waals surface area contributed by atoms with Gasteiger partial charge in [-0.1, -0.05) is 24.3 Å². The van der Waals surface area contributed by atoms with Gasteiger partial charge in [-0.05, 0) is 31.2 Å². The van der Waals surface area contributed by atoms with E-state index in [0.717, 1.165) is 22.6 Å². The molecule has 0 saturated carbocycles. The molecule has 0 aliphatic heterocycles. The van der Waals surface area contributed by atoms with Gasteiger partial charge in [0.15, 0.2) is 0 Å². The van der Waals surface area contributed by atoms with E-state index in [-0.39, 0.29) is 18.9 Å². The Morgan fingerprint density at radius 1 is 1.11 bits per heavy atom. The summed E-state index contributed by atoms with van der Waals surface area (Å²) in [6, 6.07) is 15.3. The van der Waals surface area contributed by atoms with Crippen molar-refractivity contribution in [1.82, 2.24) is 24.5 Å². The van der Waals surface area contributed by atoms with Crippen LogP contribution < -0.4 is 0 Å². The molecule has 3 aromatic heterocycles. The number of rotatable bonds is 5. The van der Waals surface area contributed by atoms with E-state index < -0.39 is 0 Å². The van der Waals surface area contributed by atoms with Crippen molar-refractivity contribution in [3.63, 3.8) is 0 Å². The Morgan fingerprint density at radius 3 is 2.70 bits per heavy atom. The average molecular weight is 361 g/mol. The molecule has 0 aliphatic rings. The largest absolute Gasteiger partial charge is 0.419 e. The second kappa shape index (κ2) is 7.03. The van der Waals surface area contributed by atoms with Crippen LogP contribution in [-0.4, -0.2) is 37.4 Å². The summed E-state index contributed by atoms with van der Waals surface area (Å²) in [6.07, 6.45) is 2.18. The molecule has 4 rings (SSSR count). The van der Waals surface area contributed by atoms with E-state index in [1.165, 1.54) is 0 Å². The topological polar surface area (TPSA) is 76.5 Å².